The highest BCUT2D eigenvalue weighted by Gasteiger charge is 2.14. The third-order valence-corrected chi connectivity index (χ3v) is 2.64. The molecule has 0 saturated heterocycles. The van der Waals surface area contributed by atoms with Gasteiger partial charge in [0.2, 0.25) is 0 Å². The Morgan fingerprint density at radius 1 is 1.50 bits per heavy atom. The number of H-pyrrole nitrogens is 1. The van der Waals surface area contributed by atoms with E-state index >= 15 is 0 Å². The number of rotatable bonds is 2. The quantitative estimate of drug-likeness (QED) is 0.794. The van der Waals surface area contributed by atoms with Gasteiger partial charge >= 0.3 is 5.97 Å². The van der Waals surface area contributed by atoms with Crippen molar-refractivity contribution in [3.8, 4) is 11.6 Å². The van der Waals surface area contributed by atoms with E-state index in [1.54, 1.807) is 0 Å². The van der Waals surface area contributed by atoms with Crippen LogP contribution in [0.1, 0.15) is 21.9 Å². The van der Waals surface area contributed by atoms with Crippen LogP contribution in [0, 0.1) is 13.8 Å². The van der Waals surface area contributed by atoms with E-state index in [0.717, 1.165) is 11.4 Å². The molecule has 6 heteroatoms. The molecule has 6 nitrogen and oxygen atoms in total. The third-order valence-electron chi connectivity index (χ3n) is 2.64. The molecule has 16 heavy (non-hydrogen) atoms. The number of carboxylic acids is 1. The average molecular weight is 220 g/mol. The first kappa shape index (κ1) is 10.4. The van der Waals surface area contributed by atoms with Gasteiger partial charge in [0.05, 0.1) is 11.9 Å². The van der Waals surface area contributed by atoms with Crippen molar-refractivity contribution in [1.82, 2.24) is 19.5 Å². The summed E-state index contributed by atoms with van der Waals surface area (Å²) in [4.78, 5) is 21.8. The molecule has 2 rings (SSSR count). The molecule has 0 spiro atoms. The summed E-state index contributed by atoms with van der Waals surface area (Å²) in [7, 11) is 1.87. The summed E-state index contributed by atoms with van der Waals surface area (Å²) in [5.74, 6) is 0.0833. The van der Waals surface area contributed by atoms with Crippen LogP contribution in [0.15, 0.2) is 6.20 Å². The fourth-order valence-corrected chi connectivity index (χ4v) is 1.47. The molecule has 84 valence electrons. The Morgan fingerprint density at radius 2 is 2.19 bits per heavy atom. The number of carbonyl (C=O) groups is 1. The second-order valence-corrected chi connectivity index (χ2v) is 3.62. The summed E-state index contributed by atoms with van der Waals surface area (Å²) >= 11 is 0. The van der Waals surface area contributed by atoms with Crippen LogP contribution in [0.25, 0.3) is 11.6 Å². The van der Waals surface area contributed by atoms with E-state index < -0.39 is 5.97 Å². The predicted molar refractivity (Wildman–Crippen MR) is 57.2 cm³/mol. The fraction of sp³-hybridized carbons (Fsp3) is 0.300. The summed E-state index contributed by atoms with van der Waals surface area (Å²) in [5.41, 5.74) is 2.00. The fourth-order valence-electron chi connectivity index (χ4n) is 1.47. The van der Waals surface area contributed by atoms with Crippen molar-refractivity contribution in [2.24, 2.45) is 7.05 Å². The number of nitrogens with zero attached hydrogens (tertiary/aromatic N) is 3. The Balaban J connectivity index is 2.50. The molecular weight excluding hydrogens is 208 g/mol. The van der Waals surface area contributed by atoms with Gasteiger partial charge in [0, 0.05) is 12.7 Å². The standard InChI is InChI=1S/C10H12N4O2/c1-5-6(2)14(3)9(12-5)8-11-4-7(13-8)10(15)16/h4H,1-3H3,(H,11,13)(H,15,16). The molecule has 2 aromatic rings. The second kappa shape index (κ2) is 3.48. The van der Waals surface area contributed by atoms with Crippen LogP contribution in [0.5, 0.6) is 0 Å². The van der Waals surface area contributed by atoms with E-state index in [0.29, 0.717) is 11.6 Å². The van der Waals surface area contributed by atoms with Crippen LogP contribution in [0.3, 0.4) is 0 Å². The van der Waals surface area contributed by atoms with Crippen LogP contribution in [0.2, 0.25) is 0 Å². The number of aromatic nitrogens is 4. The smallest absolute Gasteiger partial charge is 0.353 e. The van der Waals surface area contributed by atoms with Crippen LogP contribution in [-0.4, -0.2) is 30.6 Å². The number of hydrogen-bond donors (Lipinski definition) is 2. The van der Waals surface area contributed by atoms with Crippen molar-refractivity contribution >= 4 is 5.97 Å². The number of hydrogen-bond acceptors (Lipinski definition) is 3. The Bertz CT molecular complexity index is 553. The largest absolute Gasteiger partial charge is 0.477 e. The summed E-state index contributed by atoms with van der Waals surface area (Å²) in [5, 5.41) is 8.78. The van der Waals surface area contributed by atoms with Gasteiger partial charge in [-0.15, -0.1) is 0 Å². The first-order chi connectivity index (χ1) is 7.50. The average Bonchev–Trinajstić information content (AvgIpc) is 2.79. The Morgan fingerprint density at radius 3 is 2.62 bits per heavy atom. The van der Waals surface area contributed by atoms with Gasteiger partial charge in [-0.3, -0.25) is 0 Å². The van der Waals surface area contributed by atoms with E-state index in [9.17, 15) is 4.79 Å². The van der Waals surface area contributed by atoms with Gasteiger partial charge in [-0.05, 0) is 13.8 Å². The molecule has 0 bridgehead atoms. The van der Waals surface area contributed by atoms with Crippen LogP contribution >= 0.6 is 0 Å². The van der Waals surface area contributed by atoms with Crippen LogP contribution in [-0.2, 0) is 7.05 Å². The Kier molecular flexibility index (Phi) is 2.26. The minimum atomic E-state index is -1.03. The first-order valence-electron chi connectivity index (χ1n) is 4.79. The third kappa shape index (κ3) is 1.48. The summed E-state index contributed by atoms with van der Waals surface area (Å²) in [6.45, 7) is 3.85. The molecule has 0 atom stereocenters. The van der Waals surface area contributed by atoms with Gasteiger partial charge in [-0.2, -0.15) is 0 Å². The first-order valence-corrected chi connectivity index (χ1v) is 4.79. The lowest BCUT2D eigenvalue weighted by atomic mass is 10.4. The van der Waals surface area contributed by atoms with E-state index in [4.69, 9.17) is 5.11 Å². The van der Waals surface area contributed by atoms with E-state index in [2.05, 4.69) is 15.0 Å². The lowest BCUT2D eigenvalue weighted by Gasteiger charge is -1.99. The van der Waals surface area contributed by atoms with Crippen LogP contribution < -0.4 is 0 Å². The molecule has 0 radical (unpaired) electrons. The number of carboxylic acid groups (broad SMARTS) is 1. The SMILES string of the molecule is Cc1nc(-c2ncc(C(=O)O)[nH]2)n(C)c1C. The molecule has 2 aromatic heterocycles. The number of aromatic carboxylic acids is 1. The van der Waals surface area contributed by atoms with Gasteiger partial charge in [-0.25, -0.2) is 14.8 Å². The second-order valence-electron chi connectivity index (χ2n) is 3.62. The highest BCUT2D eigenvalue weighted by atomic mass is 16.4. The summed E-state index contributed by atoms with van der Waals surface area (Å²) in [6, 6.07) is 0. The van der Waals surface area contributed by atoms with Gasteiger partial charge < -0.3 is 14.7 Å². The van der Waals surface area contributed by atoms with Crippen molar-refractivity contribution < 1.29 is 9.90 Å². The highest BCUT2D eigenvalue weighted by Crippen LogP contribution is 2.17. The van der Waals surface area contributed by atoms with Crippen molar-refractivity contribution in [2.75, 3.05) is 0 Å². The number of imidazole rings is 2. The monoisotopic (exact) mass is 220 g/mol. The molecule has 0 aromatic carbocycles. The maximum absolute atomic E-state index is 10.7. The van der Waals surface area contributed by atoms with Crippen molar-refractivity contribution in [3.63, 3.8) is 0 Å². The molecule has 0 saturated carbocycles. The summed E-state index contributed by atoms with van der Waals surface area (Å²) in [6.07, 6.45) is 1.29. The number of aryl methyl sites for hydroxylation is 1. The number of aromatic amines is 1. The zero-order valence-electron chi connectivity index (χ0n) is 9.27. The maximum Gasteiger partial charge on any atom is 0.353 e. The molecule has 0 aliphatic rings. The van der Waals surface area contributed by atoms with Gasteiger partial charge in [0.25, 0.3) is 0 Å². The topological polar surface area (TPSA) is 83.8 Å². The molecular formula is C10H12N4O2. The molecule has 0 aliphatic carbocycles. The zero-order chi connectivity index (χ0) is 11.9. The zero-order valence-corrected chi connectivity index (χ0v) is 9.27. The Hall–Kier alpha value is -2.11. The minimum Gasteiger partial charge on any atom is -0.477 e. The molecule has 0 fully saturated rings. The Labute approximate surface area is 92.0 Å². The van der Waals surface area contributed by atoms with Gasteiger partial charge in [0.1, 0.15) is 5.69 Å². The minimum absolute atomic E-state index is 0.0632. The van der Waals surface area contributed by atoms with E-state index in [1.807, 2.05) is 25.5 Å². The van der Waals surface area contributed by atoms with E-state index in [-0.39, 0.29) is 5.69 Å². The van der Waals surface area contributed by atoms with Crippen molar-refractivity contribution in [1.29, 1.82) is 0 Å². The molecule has 0 amide bonds. The predicted octanol–water partition coefficient (Wildman–Crippen LogP) is 1.13. The van der Waals surface area contributed by atoms with Gasteiger partial charge in [0.15, 0.2) is 11.6 Å². The van der Waals surface area contributed by atoms with Gasteiger partial charge in [-0.1, -0.05) is 0 Å². The van der Waals surface area contributed by atoms with Crippen LogP contribution in [0.4, 0.5) is 0 Å². The lowest BCUT2D eigenvalue weighted by molar-refractivity contribution is 0.0691. The molecule has 2 N–H and O–H groups in total. The normalized spacial score (nSPS) is 10.7. The van der Waals surface area contributed by atoms with Crippen molar-refractivity contribution in [3.05, 3.63) is 23.3 Å². The molecule has 0 unspecified atom stereocenters. The highest BCUT2D eigenvalue weighted by molar-refractivity contribution is 5.85. The van der Waals surface area contributed by atoms with E-state index in [1.165, 1.54) is 6.20 Å². The number of nitrogens with one attached hydrogen (secondary N) is 1. The summed E-state index contributed by atoms with van der Waals surface area (Å²) < 4.78 is 1.87. The maximum atomic E-state index is 10.7. The molecule has 0 aliphatic heterocycles. The lowest BCUT2D eigenvalue weighted by Crippen LogP contribution is -1.98. The van der Waals surface area contributed by atoms with Crippen molar-refractivity contribution in [2.45, 2.75) is 13.8 Å². The molecule has 2 heterocycles.